The molecule has 0 aromatic heterocycles. The number of alkyl halides is 3. The number of esters is 1. The lowest BCUT2D eigenvalue weighted by Crippen LogP contribution is -2.36. The topological polar surface area (TPSA) is 38.3 Å². The first-order valence-electron chi connectivity index (χ1n) is 6.93. The van der Waals surface area contributed by atoms with Gasteiger partial charge in [0.25, 0.3) is 0 Å². The zero-order chi connectivity index (χ0) is 15.5. The third-order valence-corrected chi connectivity index (χ3v) is 3.74. The van der Waals surface area contributed by atoms with Gasteiger partial charge < -0.3 is 4.74 Å². The SMILES string of the molecule is COC(=O)C(NC1CCCC1)c1cccc(C(F)(F)F)c1. The van der Waals surface area contributed by atoms with Gasteiger partial charge in [0.1, 0.15) is 6.04 Å². The number of carbonyl (C=O) groups is 1. The second kappa shape index (κ2) is 6.47. The van der Waals surface area contributed by atoms with Crippen LogP contribution in [0, 0.1) is 0 Å². The standard InChI is InChI=1S/C15H18F3NO2/c1-21-14(20)13(19-12-7-2-3-8-12)10-5-4-6-11(9-10)15(16,17)18/h4-6,9,12-13,19H,2-3,7-8H2,1H3. The number of halogens is 3. The summed E-state index contributed by atoms with van der Waals surface area (Å²) in [6.07, 6.45) is -0.453. The van der Waals surface area contributed by atoms with Crippen molar-refractivity contribution in [3.8, 4) is 0 Å². The number of hydrogen-bond acceptors (Lipinski definition) is 3. The molecule has 1 aliphatic carbocycles. The summed E-state index contributed by atoms with van der Waals surface area (Å²) in [5.74, 6) is -0.568. The van der Waals surface area contributed by atoms with Crippen LogP contribution in [0.4, 0.5) is 13.2 Å². The van der Waals surface area contributed by atoms with Crippen LogP contribution in [0.2, 0.25) is 0 Å². The fourth-order valence-corrected chi connectivity index (χ4v) is 2.64. The van der Waals surface area contributed by atoms with Crippen molar-refractivity contribution in [2.75, 3.05) is 7.11 Å². The molecule has 0 heterocycles. The first-order chi connectivity index (χ1) is 9.91. The maximum absolute atomic E-state index is 12.8. The van der Waals surface area contributed by atoms with Crippen molar-refractivity contribution in [1.29, 1.82) is 0 Å². The first-order valence-corrected chi connectivity index (χ1v) is 6.93. The molecule has 0 amide bonds. The summed E-state index contributed by atoms with van der Waals surface area (Å²) >= 11 is 0. The van der Waals surface area contributed by atoms with E-state index in [4.69, 9.17) is 4.74 Å². The zero-order valence-electron chi connectivity index (χ0n) is 11.7. The number of methoxy groups -OCH3 is 1. The van der Waals surface area contributed by atoms with E-state index in [0.29, 0.717) is 0 Å². The van der Waals surface area contributed by atoms with Crippen LogP contribution in [0.15, 0.2) is 24.3 Å². The van der Waals surface area contributed by atoms with Crippen LogP contribution in [-0.2, 0) is 15.7 Å². The highest BCUT2D eigenvalue weighted by Gasteiger charge is 2.32. The summed E-state index contributed by atoms with van der Waals surface area (Å²) in [5, 5.41) is 3.12. The van der Waals surface area contributed by atoms with Crippen LogP contribution < -0.4 is 5.32 Å². The van der Waals surface area contributed by atoms with Crippen molar-refractivity contribution in [3.05, 3.63) is 35.4 Å². The molecule has 0 spiro atoms. The van der Waals surface area contributed by atoms with Gasteiger partial charge in [0, 0.05) is 6.04 Å². The minimum atomic E-state index is -4.43. The van der Waals surface area contributed by atoms with E-state index in [9.17, 15) is 18.0 Å². The Balaban J connectivity index is 2.25. The Morgan fingerprint density at radius 1 is 1.33 bits per heavy atom. The summed E-state index contributed by atoms with van der Waals surface area (Å²) in [4.78, 5) is 11.9. The summed E-state index contributed by atoms with van der Waals surface area (Å²) in [6, 6.07) is 4.10. The number of rotatable bonds is 4. The fourth-order valence-electron chi connectivity index (χ4n) is 2.64. The second-order valence-corrected chi connectivity index (χ2v) is 5.23. The largest absolute Gasteiger partial charge is 0.468 e. The Morgan fingerprint density at radius 3 is 2.57 bits per heavy atom. The second-order valence-electron chi connectivity index (χ2n) is 5.23. The Morgan fingerprint density at radius 2 is 2.00 bits per heavy atom. The van der Waals surface area contributed by atoms with Crippen molar-refractivity contribution < 1.29 is 22.7 Å². The van der Waals surface area contributed by atoms with Gasteiger partial charge in [0.15, 0.2) is 0 Å². The van der Waals surface area contributed by atoms with E-state index >= 15 is 0 Å². The molecule has 1 aromatic rings. The number of ether oxygens (including phenoxy) is 1. The van der Waals surface area contributed by atoms with E-state index in [1.807, 2.05) is 0 Å². The third kappa shape index (κ3) is 3.97. The van der Waals surface area contributed by atoms with Crippen LogP contribution in [0.5, 0.6) is 0 Å². The molecule has 0 aliphatic heterocycles. The molecule has 1 unspecified atom stereocenters. The molecule has 116 valence electrons. The van der Waals surface area contributed by atoms with Gasteiger partial charge in [-0.2, -0.15) is 13.2 Å². The lowest BCUT2D eigenvalue weighted by atomic mass is 10.0. The Kier molecular flexibility index (Phi) is 4.88. The molecule has 1 aliphatic rings. The molecule has 1 fully saturated rings. The Hall–Kier alpha value is -1.56. The minimum Gasteiger partial charge on any atom is -0.468 e. The highest BCUT2D eigenvalue weighted by molar-refractivity contribution is 5.77. The smallest absolute Gasteiger partial charge is 0.416 e. The maximum Gasteiger partial charge on any atom is 0.416 e. The van der Waals surface area contributed by atoms with E-state index in [-0.39, 0.29) is 11.6 Å². The van der Waals surface area contributed by atoms with Crippen LogP contribution in [0.25, 0.3) is 0 Å². The predicted octanol–water partition coefficient (Wildman–Crippen LogP) is 3.45. The Bertz CT molecular complexity index is 496. The monoisotopic (exact) mass is 301 g/mol. The van der Waals surface area contributed by atoms with Crippen molar-refractivity contribution in [2.45, 2.75) is 43.9 Å². The van der Waals surface area contributed by atoms with Crippen molar-refractivity contribution in [3.63, 3.8) is 0 Å². The van der Waals surface area contributed by atoms with Gasteiger partial charge in [0.05, 0.1) is 12.7 Å². The molecule has 3 nitrogen and oxygen atoms in total. The van der Waals surface area contributed by atoms with Gasteiger partial charge in [-0.1, -0.05) is 25.0 Å². The molecule has 1 aromatic carbocycles. The molecule has 0 saturated heterocycles. The average molecular weight is 301 g/mol. The van der Waals surface area contributed by atoms with E-state index in [1.165, 1.54) is 19.2 Å². The molecular weight excluding hydrogens is 283 g/mol. The van der Waals surface area contributed by atoms with Crippen molar-refractivity contribution in [2.24, 2.45) is 0 Å². The summed E-state index contributed by atoms with van der Waals surface area (Å²) in [7, 11) is 1.24. The molecule has 1 atom stereocenters. The summed E-state index contributed by atoms with van der Waals surface area (Å²) < 4.78 is 43.1. The molecule has 0 radical (unpaired) electrons. The van der Waals surface area contributed by atoms with Gasteiger partial charge in [-0.3, -0.25) is 5.32 Å². The predicted molar refractivity (Wildman–Crippen MR) is 71.6 cm³/mol. The Labute approximate surface area is 121 Å². The van der Waals surface area contributed by atoms with Gasteiger partial charge >= 0.3 is 12.1 Å². The molecular formula is C15H18F3NO2. The number of carbonyl (C=O) groups excluding carboxylic acids is 1. The van der Waals surface area contributed by atoms with Gasteiger partial charge in [-0.25, -0.2) is 4.79 Å². The molecule has 21 heavy (non-hydrogen) atoms. The number of nitrogens with one attached hydrogen (secondary N) is 1. The van der Waals surface area contributed by atoms with E-state index < -0.39 is 23.8 Å². The highest BCUT2D eigenvalue weighted by Crippen LogP contribution is 2.31. The van der Waals surface area contributed by atoms with Crippen molar-refractivity contribution >= 4 is 5.97 Å². The average Bonchev–Trinajstić information content (AvgIpc) is 2.96. The summed E-state index contributed by atoms with van der Waals surface area (Å²) in [5.41, 5.74) is -0.481. The van der Waals surface area contributed by atoms with Gasteiger partial charge in [-0.15, -0.1) is 0 Å². The zero-order valence-corrected chi connectivity index (χ0v) is 11.7. The van der Waals surface area contributed by atoms with Crippen LogP contribution in [0.3, 0.4) is 0 Å². The first kappa shape index (κ1) is 15.8. The lowest BCUT2D eigenvalue weighted by molar-refractivity contribution is -0.144. The molecule has 0 bridgehead atoms. The maximum atomic E-state index is 12.8. The highest BCUT2D eigenvalue weighted by atomic mass is 19.4. The third-order valence-electron chi connectivity index (χ3n) is 3.74. The molecule has 6 heteroatoms. The van der Waals surface area contributed by atoms with E-state index in [0.717, 1.165) is 37.8 Å². The number of benzene rings is 1. The van der Waals surface area contributed by atoms with E-state index in [2.05, 4.69) is 5.32 Å². The van der Waals surface area contributed by atoms with Crippen LogP contribution >= 0.6 is 0 Å². The van der Waals surface area contributed by atoms with Gasteiger partial charge in [-0.05, 0) is 30.5 Å². The van der Waals surface area contributed by atoms with Crippen LogP contribution in [-0.4, -0.2) is 19.1 Å². The van der Waals surface area contributed by atoms with Crippen LogP contribution in [0.1, 0.15) is 42.9 Å². The lowest BCUT2D eigenvalue weighted by Gasteiger charge is -2.22. The minimum absolute atomic E-state index is 0.142. The number of hydrogen-bond donors (Lipinski definition) is 1. The summed E-state index contributed by atoms with van der Waals surface area (Å²) in [6.45, 7) is 0. The molecule has 1 N–H and O–H groups in total. The van der Waals surface area contributed by atoms with E-state index in [1.54, 1.807) is 0 Å². The van der Waals surface area contributed by atoms with Gasteiger partial charge in [0.2, 0.25) is 0 Å². The van der Waals surface area contributed by atoms with Crippen molar-refractivity contribution in [1.82, 2.24) is 5.32 Å². The fraction of sp³-hybridized carbons (Fsp3) is 0.533. The quantitative estimate of drug-likeness (QED) is 0.866. The molecule has 2 rings (SSSR count). The normalized spacial score (nSPS) is 17.7. The molecule has 1 saturated carbocycles.